The molecule has 0 unspecified atom stereocenters. The molecule has 0 bridgehead atoms. The minimum atomic E-state index is -0.194. The van der Waals surface area contributed by atoms with E-state index in [1.807, 2.05) is 35.9 Å². The molecule has 2 heterocycles. The van der Waals surface area contributed by atoms with E-state index in [9.17, 15) is 4.79 Å². The van der Waals surface area contributed by atoms with Gasteiger partial charge in [-0.3, -0.25) is 4.79 Å². The highest BCUT2D eigenvalue weighted by Crippen LogP contribution is 2.40. The number of anilines is 1. The number of benzene rings is 1. The Morgan fingerprint density at radius 2 is 2.00 bits per heavy atom. The Bertz CT molecular complexity index is 1000. The monoisotopic (exact) mass is 447 g/mol. The van der Waals surface area contributed by atoms with Crippen molar-refractivity contribution in [3.8, 4) is 5.75 Å². The first-order chi connectivity index (χ1) is 12.3. The fourth-order valence-electron chi connectivity index (χ4n) is 2.59. The highest BCUT2D eigenvalue weighted by Gasteiger charge is 2.21. The zero-order valence-corrected chi connectivity index (χ0v) is 17.9. The Morgan fingerprint density at radius 1 is 1.30 bits per heavy atom. The number of halogens is 4. The molecule has 0 saturated carbocycles. The summed E-state index contributed by atoms with van der Waals surface area (Å²) in [6.07, 6.45) is 3.80. The van der Waals surface area contributed by atoms with E-state index in [-0.39, 0.29) is 29.9 Å². The summed E-state index contributed by atoms with van der Waals surface area (Å²) in [6, 6.07) is 5.24. The number of imidazole rings is 1. The lowest BCUT2D eigenvalue weighted by molar-refractivity contribution is -0.116. The van der Waals surface area contributed by atoms with Crippen LogP contribution in [0.5, 0.6) is 5.75 Å². The molecule has 0 radical (unpaired) electrons. The number of amides is 1. The van der Waals surface area contributed by atoms with Crippen LogP contribution in [-0.4, -0.2) is 22.3 Å². The molecule has 3 aromatic rings. The quantitative estimate of drug-likeness (QED) is 0.522. The molecule has 0 saturated heterocycles. The van der Waals surface area contributed by atoms with Gasteiger partial charge in [-0.1, -0.05) is 34.8 Å². The van der Waals surface area contributed by atoms with Crippen molar-refractivity contribution in [2.75, 3.05) is 11.9 Å². The van der Waals surface area contributed by atoms with Gasteiger partial charge in [-0.2, -0.15) is 0 Å². The molecule has 0 aliphatic rings. The first-order valence-corrected chi connectivity index (χ1v) is 8.90. The molecule has 1 aromatic carbocycles. The van der Waals surface area contributed by atoms with E-state index < -0.39 is 0 Å². The summed E-state index contributed by atoms with van der Waals surface area (Å²) in [6.45, 7) is 3.45. The predicted octanol–water partition coefficient (Wildman–Crippen LogP) is 5.59. The maximum atomic E-state index is 11.7. The minimum absolute atomic E-state index is 0. The molecule has 0 aliphatic heterocycles. The second-order valence-electron chi connectivity index (χ2n) is 5.83. The summed E-state index contributed by atoms with van der Waals surface area (Å²) >= 11 is 19.0. The van der Waals surface area contributed by atoms with Gasteiger partial charge >= 0.3 is 0 Å². The number of carbonyl (C=O) groups is 1. The summed E-state index contributed by atoms with van der Waals surface area (Å²) in [4.78, 5) is 17.5. The SMILES string of the molecule is CC(=O)N(C)c1c(Cl)cc(Cl)c(COc2cccn3cc(C)nc23)c1Cl.Cl. The van der Waals surface area contributed by atoms with E-state index in [0.29, 0.717) is 32.7 Å². The van der Waals surface area contributed by atoms with Crippen molar-refractivity contribution in [3.05, 3.63) is 56.9 Å². The van der Waals surface area contributed by atoms with Crippen molar-refractivity contribution in [2.24, 2.45) is 0 Å². The van der Waals surface area contributed by atoms with Crippen molar-refractivity contribution in [1.29, 1.82) is 0 Å². The number of carbonyl (C=O) groups excluding carboxylic acids is 1. The van der Waals surface area contributed by atoms with Gasteiger partial charge < -0.3 is 14.0 Å². The first kappa shape index (κ1) is 21.6. The summed E-state index contributed by atoms with van der Waals surface area (Å²) in [7, 11) is 1.60. The topological polar surface area (TPSA) is 46.8 Å². The van der Waals surface area contributed by atoms with E-state index in [1.165, 1.54) is 11.8 Å². The highest BCUT2D eigenvalue weighted by atomic mass is 35.5. The van der Waals surface area contributed by atoms with E-state index >= 15 is 0 Å². The molecule has 1 amide bonds. The summed E-state index contributed by atoms with van der Waals surface area (Å²) in [5, 5.41) is 0.950. The molecule has 0 spiro atoms. The number of fused-ring (bicyclic) bond motifs is 1. The average Bonchev–Trinajstić information content (AvgIpc) is 2.95. The smallest absolute Gasteiger partial charge is 0.223 e. The molecular weight excluding hydrogens is 432 g/mol. The number of ether oxygens (including phenoxy) is 1. The van der Waals surface area contributed by atoms with Gasteiger partial charge in [0, 0.05) is 31.9 Å². The predicted molar refractivity (Wildman–Crippen MR) is 112 cm³/mol. The van der Waals surface area contributed by atoms with Gasteiger partial charge in [-0.25, -0.2) is 4.98 Å². The van der Waals surface area contributed by atoms with Crippen LogP contribution in [0.2, 0.25) is 15.1 Å². The highest BCUT2D eigenvalue weighted by molar-refractivity contribution is 6.43. The van der Waals surface area contributed by atoms with Gasteiger partial charge in [0.05, 0.1) is 26.4 Å². The number of hydrogen-bond donors (Lipinski definition) is 0. The van der Waals surface area contributed by atoms with Gasteiger partial charge in [0.2, 0.25) is 5.91 Å². The molecule has 0 fully saturated rings. The Balaban J connectivity index is 0.00000261. The Hall–Kier alpha value is -1.66. The molecule has 3 rings (SSSR count). The number of rotatable bonds is 4. The molecule has 27 heavy (non-hydrogen) atoms. The minimum Gasteiger partial charge on any atom is -0.485 e. The second kappa shape index (κ2) is 8.57. The van der Waals surface area contributed by atoms with Crippen LogP contribution < -0.4 is 9.64 Å². The molecule has 2 aromatic heterocycles. The lowest BCUT2D eigenvalue weighted by atomic mass is 10.2. The van der Waals surface area contributed by atoms with Crippen molar-refractivity contribution < 1.29 is 9.53 Å². The molecule has 144 valence electrons. The van der Waals surface area contributed by atoms with Crippen LogP contribution in [0.25, 0.3) is 5.65 Å². The maximum Gasteiger partial charge on any atom is 0.223 e. The largest absolute Gasteiger partial charge is 0.485 e. The Morgan fingerprint density at radius 3 is 2.67 bits per heavy atom. The molecule has 0 N–H and O–H groups in total. The maximum absolute atomic E-state index is 11.7. The van der Waals surface area contributed by atoms with Gasteiger partial charge in [-0.15, -0.1) is 12.4 Å². The third-order valence-corrected chi connectivity index (χ3v) is 5.02. The Kier molecular flexibility index (Phi) is 6.87. The van der Waals surface area contributed by atoms with Crippen molar-refractivity contribution in [2.45, 2.75) is 20.5 Å². The Labute approximate surface area is 178 Å². The van der Waals surface area contributed by atoms with Gasteiger partial charge in [0.15, 0.2) is 11.4 Å². The third-order valence-electron chi connectivity index (χ3n) is 3.99. The fraction of sp³-hybridized carbons (Fsp3) is 0.222. The van der Waals surface area contributed by atoms with Crippen LogP contribution in [0.1, 0.15) is 18.2 Å². The van der Waals surface area contributed by atoms with E-state index in [1.54, 1.807) is 13.1 Å². The number of aryl methyl sites for hydroxylation is 1. The van der Waals surface area contributed by atoms with Crippen LogP contribution in [0.15, 0.2) is 30.6 Å². The molecular formula is C18H17Cl4N3O2. The summed E-state index contributed by atoms with van der Waals surface area (Å²) < 4.78 is 7.80. The van der Waals surface area contributed by atoms with Crippen LogP contribution in [0.4, 0.5) is 5.69 Å². The van der Waals surface area contributed by atoms with E-state index in [0.717, 1.165) is 5.69 Å². The second-order valence-corrected chi connectivity index (χ2v) is 7.03. The van der Waals surface area contributed by atoms with Crippen molar-refractivity contribution in [3.63, 3.8) is 0 Å². The van der Waals surface area contributed by atoms with Crippen molar-refractivity contribution in [1.82, 2.24) is 9.38 Å². The molecule has 0 aliphatic carbocycles. The van der Waals surface area contributed by atoms with Gasteiger partial charge in [0.1, 0.15) is 6.61 Å². The third kappa shape index (κ3) is 4.27. The van der Waals surface area contributed by atoms with Gasteiger partial charge in [-0.05, 0) is 25.1 Å². The molecule has 0 atom stereocenters. The fourth-order valence-corrected chi connectivity index (χ4v) is 3.71. The van der Waals surface area contributed by atoms with Crippen LogP contribution in [0, 0.1) is 6.92 Å². The standard InChI is InChI=1S/C18H16Cl3N3O2.ClH/c1-10-8-24-6-4-5-15(18(24)22-10)26-9-12-13(19)7-14(20)17(16(12)21)23(3)11(2)25;/h4-8H,9H2,1-3H3;1H. The van der Waals surface area contributed by atoms with E-state index in [2.05, 4.69) is 4.98 Å². The lowest BCUT2D eigenvalue weighted by Gasteiger charge is -2.21. The van der Waals surface area contributed by atoms with Crippen LogP contribution in [0.3, 0.4) is 0 Å². The average molecular weight is 449 g/mol. The molecule has 5 nitrogen and oxygen atoms in total. The summed E-state index contributed by atoms with van der Waals surface area (Å²) in [5.74, 6) is 0.407. The lowest BCUT2D eigenvalue weighted by Crippen LogP contribution is -2.24. The van der Waals surface area contributed by atoms with Gasteiger partial charge in [0.25, 0.3) is 0 Å². The molecule has 9 heteroatoms. The first-order valence-electron chi connectivity index (χ1n) is 7.77. The number of pyridine rings is 1. The number of hydrogen-bond acceptors (Lipinski definition) is 3. The number of nitrogens with zero attached hydrogens (tertiary/aromatic N) is 3. The number of aromatic nitrogens is 2. The van der Waals surface area contributed by atoms with E-state index in [4.69, 9.17) is 39.5 Å². The van der Waals surface area contributed by atoms with Crippen molar-refractivity contribution >= 4 is 64.5 Å². The zero-order valence-electron chi connectivity index (χ0n) is 14.8. The summed E-state index contributed by atoms with van der Waals surface area (Å²) in [5.41, 5.74) is 2.53. The van der Waals surface area contributed by atoms with Crippen LogP contribution in [-0.2, 0) is 11.4 Å². The zero-order chi connectivity index (χ0) is 19.0. The normalized spacial score (nSPS) is 10.6. The van der Waals surface area contributed by atoms with Crippen LogP contribution >= 0.6 is 47.2 Å².